The van der Waals surface area contributed by atoms with E-state index in [4.69, 9.17) is 4.74 Å². The van der Waals surface area contributed by atoms with Crippen molar-refractivity contribution in [1.82, 2.24) is 4.98 Å². The molecule has 2 aromatic carbocycles. The Bertz CT molecular complexity index is 775. The summed E-state index contributed by atoms with van der Waals surface area (Å²) in [6.45, 7) is 0. The number of hydrogen-bond acceptors (Lipinski definition) is 3. The predicted octanol–water partition coefficient (Wildman–Crippen LogP) is 3.47. The molecule has 3 nitrogen and oxygen atoms in total. The van der Waals surface area contributed by atoms with Gasteiger partial charge in [-0.05, 0) is 17.5 Å². The molecule has 3 heteroatoms. The van der Waals surface area contributed by atoms with E-state index in [2.05, 4.69) is 4.98 Å². The van der Waals surface area contributed by atoms with Gasteiger partial charge in [0.05, 0.1) is 7.11 Å². The standard InChI is InChI=1S/C17H13NO2/c1-20-14-7-4-6-12(9-14)17(19)16-11-18-10-13-5-2-3-8-15(13)16/h2-11H,1H3. The van der Waals surface area contributed by atoms with Crippen molar-refractivity contribution in [1.29, 1.82) is 0 Å². The molecule has 0 radical (unpaired) electrons. The van der Waals surface area contributed by atoms with Gasteiger partial charge in [0.15, 0.2) is 5.78 Å². The van der Waals surface area contributed by atoms with Crippen molar-refractivity contribution in [3.8, 4) is 5.75 Å². The number of hydrogen-bond donors (Lipinski definition) is 0. The second-order valence-electron chi connectivity index (χ2n) is 4.47. The minimum absolute atomic E-state index is 0.0480. The summed E-state index contributed by atoms with van der Waals surface area (Å²) in [6, 6.07) is 14.9. The summed E-state index contributed by atoms with van der Waals surface area (Å²) in [4.78, 5) is 16.8. The quantitative estimate of drug-likeness (QED) is 0.679. The summed E-state index contributed by atoms with van der Waals surface area (Å²) in [7, 11) is 1.59. The van der Waals surface area contributed by atoms with Crippen LogP contribution in [0.25, 0.3) is 10.8 Å². The number of ether oxygens (including phenoxy) is 1. The Kier molecular flexibility index (Phi) is 3.17. The van der Waals surface area contributed by atoms with Gasteiger partial charge in [-0.3, -0.25) is 9.78 Å². The highest BCUT2D eigenvalue weighted by Crippen LogP contribution is 2.22. The summed E-state index contributed by atoms with van der Waals surface area (Å²) in [5.74, 6) is 0.622. The smallest absolute Gasteiger partial charge is 0.195 e. The lowest BCUT2D eigenvalue weighted by atomic mass is 9.99. The Labute approximate surface area is 116 Å². The van der Waals surface area contributed by atoms with Crippen molar-refractivity contribution in [2.24, 2.45) is 0 Å². The van der Waals surface area contributed by atoms with Gasteiger partial charge in [0, 0.05) is 28.9 Å². The largest absolute Gasteiger partial charge is 0.497 e. The molecule has 0 fully saturated rings. The van der Waals surface area contributed by atoms with Gasteiger partial charge in [-0.2, -0.15) is 0 Å². The first-order valence-electron chi connectivity index (χ1n) is 6.31. The van der Waals surface area contributed by atoms with E-state index in [1.807, 2.05) is 36.4 Å². The Hall–Kier alpha value is -2.68. The van der Waals surface area contributed by atoms with Crippen LogP contribution < -0.4 is 4.74 Å². The van der Waals surface area contributed by atoms with Gasteiger partial charge in [0.2, 0.25) is 0 Å². The molecular weight excluding hydrogens is 250 g/mol. The van der Waals surface area contributed by atoms with E-state index in [-0.39, 0.29) is 5.78 Å². The monoisotopic (exact) mass is 263 g/mol. The fourth-order valence-electron chi connectivity index (χ4n) is 2.22. The highest BCUT2D eigenvalue weighted by atomic mass is 16.5. The average Bonchev–Trinajstić information content (AvgIpc) is 2.53. The third-order valence-electron chi connectivity index (χ3n) is 3.24. The van der Waals surface area contributed by atoms with Crippen molar-refractivity contribution in [2.45, 2.75) is 0 Å². The van der Waals surface area contributed by atoms with Crippen LogP contribution in [-0.2, 0) is 0 Å². The molecule has 0 spiro atoms. The SMILES string of the molecule is COc1cccc(C(=O)c2cncc3ccccc23)c1. The van der Waals surface area contributed by atoms with Crippen molar-refractivity contribution in [2.75, 3.05) is 7.11 Å². The molecule has 20 heavy (non-hydrogen) atoms. The molecule has 0 aliphatic heterocycles. The van der Waals surface area contributed by atoms with Crippen molar-refractivity contribution in [3.05, 3.63) is 72.1 Å². The van der Waals surface area contributed by atoms with Crippen LogP contribution in [0.5, 0.6) is 5.75 Å². The van der Waals surface area contributed by atoms with Gasteiger partial charge in [-0.1, -0.05) is 36.4 Å². The molecule has 0 saturated heterocycles. The van der Waals surface area contributed by atoms with Gasteiger partial charge >= 0.3 is 0 Å². The number of rotatable bonds is 3. The second kappa shape index (κ2) is 5.13. The lowest BCUT2D eigenvalue weighted by molar-refractivity contribution is 0.103. The van der Waals surface area contributed by atoms with E-state index in [1.165, 1.54) is 0 Å². The van der Waals surface area contributed by atoms with Crippen LogP contribution in [0.4, 0.5) is 0 Å². The number of pyridine rings is 1. The third-order valence-corrected chi connectivity index (χ3v) is 3.24. The summed E-state index contributed by atoms with van der Waals surface area (Å²) in [5, 5.41) is 1.87. The third kappa shape index (κ3) is 2.14. The van der Waals surface area contributed by atoms with Crippen LogP contribution in [0.3, 0.4) is 0 Å². The van der Waals surface area contributed by atoms with E-state index >= 15 is 0 Å². The van der Waals surface area contributed by atoms with E-state index in [0.717, 1.165) is 10.8 Å². The second-order valence-corrected chi connectivity index (χ2v) is 4.47. The zero-order valence-corrected chi connectivity index (χ0v) is 11.0. The lowest BCUT2D eigenvalue weighted by Gasteiger charge is -2.06. The first-order valence-corrected chi connectivity index (χ1v) is 6.31. The van der Waals surface area contributed by atoms with E-state index in [1.54, 1.807) is 31.6 Å². The van der Waals surface area contributed by atoms with E-state index in [9.17, 15) is 4.79 Å². The molecule has 0 aliphatic rings. The topological polar surface area (TPSA) is 39.2 Å². The molecule has 3 rings (SSSR count). The summed E-state index contributed by atoms with van der Waals surface area (Å²) >= 11 is 0. The van der Waals surface area contributed by atoms with E-state index in [0.29, 0.717) is 16.9 Å². The first kappa shape index (κ1) is 12.4. The van der Waals surface area contributed by atoms with Crippen LogP contribution in [0.2, 0.25) is 0 Å². The number of benzene rings is 2. The van der Waals surface area contributed by atoms with Crippen LogP contribution in [0.1, 0.15) is 15.9 Å². The van der Waals surface area contributed by atoms with Gasteiger partial charge in [0.1, 0.15) is 5.75 Å². The van der Waals surface area contributed by atoms with E-state index < -0.39 is 0 Å². The molecule has 3 aromatic rings. The van der Waals surface area contributed by atoms with Gasteiger partial charge < -0.3 is 4.74 Å². The number of carbonyl (C=O) groups excluding carboxylic acids is 1. The van der Waals surface area contributed by atoms with Crippen molar-refractivity contribution >= 4 is 16.6 Å². The average molecular weight is 263 g/mol. The molecule has 98 valence electrons. The van der Waals surface area contributed by atoms with Crippen molar-refractivity contribution < 1.29 is 9.53 Å². The molecule has 0 saturated carbocycles. The van der Waals surface area contributed by atoms with Crippen LogP contribution in [0, 0.1) is 0 Å². The molecule has 0 N–H and O–H groups in total. The minimum Gasteiger partial charge on any atom is -0.497 e. The Balaban J connectivity index is 2.12. The maximum Gasteiger partial charge on any atom is 0.195 e. The molecule has 0 bridgehead atoms. The zero-order chi connectivity index (χ0) is 13.9. The Morgan fingerprint density at radius 1 is 1.05 bits per heavy atom. The van der Waals surface area contributed by atoms with Crippen LogP contribution >= 0.6 is 0 Å². The Morgan fingerprint density at radius 3 is 2.75 bits per heavy atom. The summed E-state index contributed by atoms with van der Waals surface area (Å²) < 4.78 is 5.16. The maximum atomic E-state index is 12.6. The number of ketones is 1. The molecule has 0 amide bonds. The predicted molar refractivity (Wildman–Crippen MR) is 78.2 cm³/mol. The summed E-state index contributed by atoms with van der Waals surface area (Å²) in [5.41, 5.74) is 1.21. The normalized spacial score (nSPS) is 10.4. The number of aromatic nitrogens is 1. The summed E-state index contributed by atoms with van der Waals surface area (Å²) in [6.07, 6.45) is 3.38. The molecular formula is C17H13NO2. The highest BCUT2D eigenvalue weighted by molar-refractivity contribution is 6.16. The number of nitrogens with zero attached hydrogens (tertiary/aromatic N) is 1. The number of carbonyl (C=O) groups is 1. The first-order chi connectivity index (χ1) is 9.79. The molecule has 0 atom stereocenters. The number of methoxy groups -OCH3 is 1. The maximum absolute atomic E-state index is 12.6. The Morgan fingerprint density at radius 2 is 1.90 bits per heavy atom. The van der Waals surface area contributed by atoms with Crippen LogP contribution in [0.15, 0.2) is 60.9 Å². The van der Waals surface area contributed by atoms with Gasteiger partial charge in [-0.25, -0.2) is 0 Å². The fourth-order valence-corrected chi connectivity index (χ4v) is 2.22. The molecule has 1 heterocycles. The zero-order valence-electron chi connectivity index (χ0n) is 11.0. The minimum atomic E-state index is -0.0480. The van der Waals surface area contributed by atoms with Crippen LogP contribution in [-0.4, -0.2) is 17.9 Å². The van der Waals surface area contributed by atoms with Crippen molar-refractivity contribution in [3.63, 3.8) is 0 Å². The molecule has 1 aromatic heterocycles. The lowest BCUT2D eigenvalue weighted by Crippen LogP contribution is -2.03. The fraction of sp³-hybridized carbons (Fsp3) is 0.0588. The molecule has 0 unspecified atom stereocenters. The van der Waals surface area contributed by atoms with Gasteiger partial charge in [0.25, 0.3) is 0 Å². The number of fused-ring (bicyclic) bond motifs is 1. The molecule has 0 aliphatic carbocycles. The van der Waals surface area contributed by atoms with Gasteiger partial charge in [-0.15, -0.1) is 0 Å². The highest BCUT2D eigenvalue weighted by Gasteiger charge is 2.13.